The molecular weight excluding hydrogens is 384 g/mol. The molecule has 0 saturated heterocycles. The Morgan fingerprint density at radius 3 is 2.48 bits per heavy atom. The number of rotatable bonds is 5. The summed E-state index contributed by atoms with van der Waals surface area (Å²) in [7, 11) is 0. The second-order valence-corrected chi connectivity index (χ2v) is 8.06. The highest BCUT2D eigenvalue weighted by Gasteiger charge is 2.19. The van der Waals surface area contributed by atoms with Gasteiger partial charge in [-0.2, -0.15) is 10.4 Å². The van der Waals surface area contributed by atoms with Crippen molar-refractivity contribution < 1.29 is 4.79 Å². The van der Waals surface area contributed by atoms with Crippen molar-refractivity contribution >= 4 is 12.0 Å². The van der Waals surface area contributed by atoms with Crippen molar-refractivity contribution in [1.82, 2.24) is 15.1 Å². The molecule has 0 unspecified atom stereocenters. The van der Waals surface area contributed by atoms with Crippen LogP contribution in [-0.2, 0) is 4.79 Å². The molecule has 2 aromatic carbocycles. The number of para-hydroxylation sites is 1. The number of nitrogens with zero attached hydrogens (tertiary/aromatic N) is 3. The van der Waals surface area contributed by atoms with Crippen molar-refractivity contribution in [1.29, 1.82) is 5.26 Å². The summed E-state index contributed by atoms with van der Waals surface area (Å²) in [5.41, 5.74) is 4.60. The predicted molar refractivity (Wildman–Crippen MR) is 122 cm³/mol. The number of amides is 1. The number of aromatic nitrogens is 2. The Morgan fingerprint density at radius 1 is 1.10 bits per heavy atom. The lowest BCUT2D eigenvalue weighted by molar-refractivity contribution is -0.117. The molecule has 1 saturated carbocycles. The van der Waals surface area contributed by atoms with Crippen LogP contribution >= 0.6 is 0 Å². The van der Waals surface area contributed by atoms with Gasteiger partial charge in [-0.05, 0) is 38.0 Å². The first-order valence-electron chi connectivity index (χ1n) is 10.8. The minimum absolute atomic E-state index is 0.103. The highest BCUT2D eigenvalue weighted by molar-refractivity contribution is 6.02. The van der Waals surface area contributed by atoms with Gasteiger partial charge in [0.15, 0.2) is 0 Å². The maximum atomic E-state index is 12.8. The molecule has 0 spiro atoms. The van der Waals surface area contributed by atoms with Crippen LogP contribution in [0.2, 0.25) is 0 Å². The lowest BCUT2D eigenvalue weighted by Crippen LogP contribution is -2.36. The van der Waals surface area contributed by atoms with E-state index in [9.17, 15) is 10.1 Å². The molecule has 5 nitrogen and oxygen atoms in total. The molecule has 3 aromatic rings. The van der Waals surface area contributed by atoms with E-state index in [0.717, 1.165) is 53.8 Å². The molecule has 1 heterocycles. The normalized spacial score (nSPS) is 14.8. The van der Waals surface area contributed by atoms with Crippen molar-refractivity contribution in [3.63, 3.8) is 0 Å². The van der Waals surface area contributed by atoms with Gasteiger partial charge in [-0.15, -0.1) is 0 Å². The van der Waals surface area contributed by atoms with Crippen LogP contribution in [-0.4, -0.2) is 21.7 Å². The van der Waals surface area contributed by atoms with Gasteiger partial charge in [-0.3, -0.25) is 4.79 Å². The molecule has 1 aromatic heterocycles. The Balaban J connectivity index is 1.70. The quantitative estimate of drug-likeness (QED) is 0.464. The number of carbonyl (C=O) groups excluding carboxylic acids is 1. The molecular formula is C26H26N4O. The highest BCUT2D eigenvalue weighted by Crippen LogP contribution is 2.26. The zero-order chi connectivity index (χ0) is 21.6. The first-order valence-corrected chi connectivity index (χ1v) is 10.8. The topological polar surface area (TPSA) is 70.7 Å². The molecule has 31 heavy (non-hydrogen) atoms. The summed E-state index contributed by atoms with van der Waals surface area (Å²) in [6.45, 7) is 2.04. The second kappa shape index (κ2) is 9.44. The maximum Gasteiger partial charge on any atom is 0.262 e. The summed E-state index contributed by atoms with van der Waals surface area (Å²) < 4.78 is 1.79. The SMILES string of the molecule is Cc1ccc(-c2nn(-c3ccccc3)cc2/C=C(\C#N)C(=O)NC2CCCCC2)cc1. The molecule has 4 rings (SSSR count). The van der Waals surface area contributed by atoms with Crippen LogP contribution in [0.15, 0.2) is 66.4 Å². The van der Waals surface area contributed by atoms with E-state index in [2.05, 4.69) is 11.4 Å². The van der Waals surface area contributed by atoms with E-state index < -0.39 is 0 Å². The molecule has 1 aliphatic rings. The molecule has 0 radical (unpaired) electrons. The summed E-state index contributed by atoms with van der Waals surface area (Å²) >= 11 is 0. The van der Waals surface area contributed by atoms with Crippen LogP contribution in [0.4, 0.5) is 0 Å². The van der Waals surface area contributed by atoms with Crippen molar-refractivity contribution in [2.75, 3.05) is 0 Å². The minimum Gasteiger partial charge on any atom is -0.349 e. The Hall–Kier alpha value is -3.65. The monoisotopic (exact) mass is 410 g/mol. The van der Waals surface area contributed by atoms with Crippen LogP contribution < -0.4 is 5.32 Å². The van der Waals surface area contributed by atoms with Crippen LogP contribution in [0.25, 0.3) is 23.0 Å². The summed E-state index contributed by atoms with van der Waals surface area (Å²) in [5.74, 6) is -0.309. The van der Waals surface area contributed by atoms with Gasteiger partial charge in [0.05, 0.1) is 11.4 Å². The molecule has 156 valence electrons. The number of hydrogen-bond acceptors (Lipinski definition) is 3. The Morgan fingerprint density at radius 2 is 1.81 bits per heavy atom. The van der Waals surface area contributed by atoms with Gasteiger partial charge in [0.25, 0.3) is 5.91 Å². The summed E-state index contributed by atoms with van der Waals surface area (Å²) in [5, 5.41) is 17.5. The fourth-order valence-electron chi connectivity index (χ4n) is 3.96. The summed E-state index contributed by atoms with van der Waals surface area (Å²) in [4.78, 5) is 12.8. The van der Waals surface area contributed by atoms with Gasteiger partial charge in [0.2, 0.25) is 0 Å². The third kappa shape index (κ3) is 4.92. The van der Waals surface area contributed by atoms with Gasteiger partial charge in [0, 0.05) is 23.4 Å². The molecule has 1 fully saturated rings. The van der Waals surface area contributed by atoms with Gasteiger partial charge in [-0.25, -0.2) is 4.68 Å². The number of benzene rings is 2. The molecule has 1 aliphatic carbocycles. The van der Waals surface area contributed by atoms with Crippen LogP contribution in [0.1, 0.15) is 43.2 Å². The van der Waals surface area contributed by atoms with Crippen LogP contribution in [0.3, 0.4) is 0 Å². The molecule has 5 heteroatoms. The first kappa shape index (κ1) is 20.6. The third-order valence-electron chi connectivity index (χ3n) is 5.69. The first-order chi connectivity index (χ1) is 15.1. The smallest absolute Gasteiger partial charge is 0.262 e. The zero-order valence-electron chi connectivity index (χ0n) is 17.7. The Kier molecular flexibility index (Phi) is 6.28. The minimum atomic E-state index is -0.309. The van der Waals surface area contributed by atoms with Crippen molar-refractivity contribution in [2.24, 2.45) is 0 Å². The van der Waals surface area contributed by atoms with Crippen LogP contribution in [0, 0.1) is 18.3 Å². The van der Waals surface area contributed by atoms with Gasteiger partial charge in [-0.1, -0.05) is 67.3 Å². The number of carbonyl (C=O) groups is 1. The van der Waals surface area contributed by atoms with E-state index in [1.807, 2.05) is 67.7 Å². The van der Waals surface area contributed by atoms with Crippen molar-refractivity contribution in [3.05, 3.63) is 77.5 Å². The van der Waals surface area contributed by atoms with E-state index in [4.69, 9.17) is 5.10 Å². The van der Waals surface area contributed by atoms with E-state index in [1.165, 1.54) is 6.42 Å². The standard InChI is InChI=1S/C26H26N4O/c1-19-12-14-20(15-13-19)25-22(18-30(29-25)24-10-6-3-7-11-24)16-21(17-27)26(31)28-23-8-4-2-5-9-23/h3,6-7,10-16,18,23H,2,4-5,8-9H2,1H3,(H,28,31)/b21-16+. The zero-order valence-corrected chi connectivity index (χ0v) is 17.7. The number of aryl methyl sites for hydroxylation is 1. The summed E-state index contributed by atoms with van der Waals surface area (Å²) in [6, 6.07) is 20.1. The molecule has 1 N–H and O–H groups in total. The molecule has 0 atom stereocenters. The maximum absolute atomic E-state index is 12.8. The van der Waals surface area contributed by atoms with E-state index in [0.29, 0.717) is 0 Å². The summed E-state index contributed by atoms with van der Waals surface area (Å²) in [6.07, 6.45) is 8.94. The number of nitrogens with one attached hydrogen (secondary N) is 1. The number of nitriles is 1. The predicted octanol–water partition coefficient (Wildman–Crippen LogP) is 5.20. The van der Waals surface area contributed by atoms with Gasteiger partial charge in [0.1, 0.15) is 11.6 Å². The van der Waals surface area contributed by atoms with E-state index >= 15 is 0 Å². The average molecular weight is 411 g/mol. The van der Waals surface area contributed by atoms with Crippen LogP contribution in [0.5, 0.6) is 0 Å². The third-order valence-corrected chi connectivity index (χ3v) is 5.69. The molecule has 1 amide bonds. The second-order valence-electron chi connectivity index (χ2n) is 8.06. The fourth-order valence-corrected chi connectivity index (χ4v) is 3.96. The van der Waals surface area contributed by atoms with Gasteiger partial charge < -0.3 is 5.32 Å². The Labute approximate surface area is 183 Å². The largest absolute Gasteiger partial charge is 0.349 e. The van der Waals surface area contributed by atoms with Crippen molar-refractivity contribution in [3.8, 4) is 23.0 Å². The molecule has 0 bridgehead atoms. The lowest BCUT2D eigenvalue weighted by Gasteiger charge is -2.22. The fraction of sp³-hybridized carbons (Fsp3) is 0.269. The number of hydrogen-bond donors (Lipinski definition) is 1. The van der Waals surface area contributed by atoms with Gasteiger partial charge >= 0.3 is 0 Å². The highest BCUT2D eigenvalue weighted by atomic mass is 16.1. The molecule has 0 aliphatic heterocycles. The average Bonchev–Trinajstić information content (AvgIpc) is 3.23. The Bertz CT molecular complexity index is 1110. The van der Waals surface area contributed by atoms with Crippen molar-refractivity contribution in [2.45, 2.75) is 45.1 Å². The van der Waals surface area contributed by atoms with E-state index in [1.54, 1.807) is 10.8 Å². The lowest BCUT2D eigenvalue weighted by atomic mass is 9.95. The van der Waals surface area contributed by atoms with E-state index in [-0.39, 0.29) is 17.5 Å².